The monoisotopic (exact) mass is 518 g/mol. The van der Waals surface area contributed by atoms with Gasteiger partial charge in [-0.2, -0.15) is 13.2 Å². The summed E-state index contributed by atoms with van der Waals surface area (Å²) in [5.74, 6) is -0.0974. The van der Waals surface area contributed by atoms with Gasteiger partial charge in [-0.3, -0.25) is 19.4 Å². The van der Waals surface area contributed by atoms with E-state index < -0.39 is 12.8 Å². The van der Waals surface area contributed by atoms with Gasteiger partial charge in [0.25, 0.3) is 0 Å². The Kier molecular flexibility index (Phi) is 9.28. The minimum Gasteiger partial charge on any atom is -0.482 e. The molecule has 4 rings (SSSR count). The molecule has 0 aromatic heterocycles. The van der Waals surface area contributed by atoms with Gasteiger partial charge in [0.2, 0.25) is 11.8 Å². The Balaban J connectivity index is 0.00000342. The van der Waals surface area contributed by atoms with Gasteiger partial charge in [-0.25, -0.2) is 0 Å². The van der Waals surface area contributed by atoms with Gasteiger partial charge in [-0.15, -0.1) is 12.4 Å². The number of halogens is 4. The topological polar surface area (TPSA) is 56.3 Å². The van der Waals surface area contributed by atoms with Crippen LogP contribution >= 0.6 is 12.4 Å². The number of para-hydroxylation sites is 2. The molecule has 2 aliphatic heterocycles. The molecule has 3 fully saturated rings. The summed E-state index contributed by atoms with van der Waals surface area (Å²) in [4.78, 5) is 33.0. The van der Waals surface area contributed by atoms with Gasteiger partial charge in [0.15, 0.2) is 6.61 Å². The van der Waals surface area contributed by atoms with Crippen LogP contribution in [-0.2, 0) is 9.59 Å². The zero-order valence-corrected chi connectivity index (χ0v) is 20.8. The highest BCUT2D eigenvalue weighted by Crippen LogP contribution is 2.31. The van der Waals surface area contributed by atoms with Crippen LogP contribution in [-0.4, -0.2) is 98.2 Å². The van der Waals surface area contributed by atoms with E-state index in [4.69, 9.17) is 4.74 Å². The Morgan fingerprint density at radius 1 is 1.06 bits per heavy atom. The van der Waals surface area contributed by atoms with Gasteiger partial charge in [0, 0.05) is 51.7 Å². The van der Waals surface area contributed by atoms with Crippen LogP contribution in [0.3, 0.4) is 0 Å². The van der Waals surface area contributed by atoms with Gasteiger partial charge in [-0.1, -0.05) is 12.1 Å². The highest BCUT2D eigenvalue weighted by atomic mass is 35.5. The first-order chi connectivity index (χ1) is 16.2. The fourth-order valence-corrected chi connectivity index (χ4v) is 4.81. The third kappa shape index (κ3) is 7.47. The molecule has 2 amide bonds. The maximum absolute atomic E-state index is 12.7. The van der Waals surface area contributed by atoms with Crippen molar-refractivity contribution in [2.45, 2.75) is 37.9 Å². The van der Waals surface area contributed by atoms with E-state index in [1.165, 1.54) is 17.7 Å². The molecule has 0 N–H and O–H groups in total. The van der Waals surface area contributed by atoms with E-state index in [1.807, 2.05) is 11.9 Å². The lowest BCUT2D eigenvalue weighted by atomic mass is 10.1. The number of carbonyl (C=O) groups is 2. The van der Waals surface area contributed by atoms with E-state index >= 15 is 0 Å². The zero-order chi connectivity index (χ0) is 24.3. The van der Waals surface area contributed by atoms with Crippen molar-refractivity contribution in [3.05, 3.63) is 24.3 Å². The molecule has 3 aliphatic rings. The number of piperazine rings is 1. The molecule has 1 aromatic carbocycles. The SMILES string of the molecule is CN(CC1CC(=O)N(CCCN2CCN(c3ccccc3OCC(F)(F)F)CC2)C1=O)C1CC1.Cl. The van der Waals surface area contributed by atoms with Gasteiger partial charge in [0.05, 0.1) is 11.6 Å². The molecule has 2 saturated heterocycles. The van der Waals surface area contributed by atoms with Gasteiger partial charge in [0.1, 0.15) is 5.75 Å². The molecule has 0 spiro atoms. The van der Waals surface area contributed by atoms with E-state index in [2.05, 4.69) is 9.80 Å². The first kappa shape index (κ1) is 27.5. The van der Waals surface area contributed by atoms with Crippen molar-refractivity contribution in [2.75, 3.05) is 64.4 Å². The average molecular weight is 519 g/mol. The molecule has 0 radical (unpaired) electrons. The molecule has 11 heteroatoms. The van der Waals surface area contributed by atoms with E-state index in [0.29, 0.717) is 50.7 Å². The number of carbonyl (C=O) groups excluding carboxylic acids is 2. The van der Waals surface area contributed by atoms with E-state index in [1.54, 1.807) is 24.3 Å². The molecule has 1 atom stereocenters. The highest BCUT2D eigenvalue weighted by Gasteiger charge is 2.40. The van der Waals surface area contributed by atoms with Crippen molar-refractivity contribution in [1.29, 1.82) is 0 Å². The predicted octanol–water partition coefficient (Wildman–Crippen LogP) is 3.03. The number of hydrogen-bond acceptors (Lipinski definition) is 6. The quantitative estimate of drug-likeness (QED) is 0.444. The van der Waals surface area contributed by atoms with Crippen molar-refractivity contribution in [3.8, 4) is 5.75 Å². The Labute approximate surface area is 210 Å². The summed E-state index contributed by atoms with van der Waals surface area (Å²) in [5.41, 5.74) is 0.668. The number of likely N-dealkylation sites (tertiary alicyclic amines) is 1. The fourth-order valence-electron chi connectivity index (χ4n) is 4.81. The van der Waals surface area contributed by atoms with Gasteiger partial charge >= 0.3 is 6.18 Å². The lowest BCUT2D eigenvalue weighted by Crippen LogP contribution is -2.47. The molecule has 35 heavy (non-hydrogen) atoms. The van der Waals surface area contributed by atoms with Crippen LogP contribution in [0.4, 0.5) is 18.9 Å². The second kappa shape index (κ2) is 11.8. The molecule has 0 bridgehead atoms. The summed E-state index contributed by atoms with van der Waals surface area (Å²) in [7, 11) is 2.03. The summed E-state index contributed by atoms with van der Waals surface area (Å²) in [5, 5.41) is 0. The average Bonchev–Trinajstić information content (AvgIpc) is 3.62. The molecular weight excluding hydrogens is 485 g/mol. The lowest BCUT2D eigenvalue weighted by Gasteiger charge is -2.37. The number of anilines is 1. The molecular formula is C24H34ClF3N4O3. The number of hydrogen-bond donors (Lipinski definition) is 0. The largest absolute Gasteiger partial charge is 0.482 e. The summed E-state index contributed by atoms with van der Waals surface area (Å²) in [6.07, 6.45) is -1.00. The number of nitrogens with zero attached hydrogens (tertiary/aromatic N) is 4. The predicted molar refractivity (Wildman–Crippen MR) is 129 cm³/mol. The summed E-state index contributed by atoms with van der Waals surface area (Å²) >= 11 is 0. The van der Waals surface area contributed by atoms with Crippen molar-refractivity contribution in [1.82, 2.24) is 14.7 Å². The van der Waals surface area contributed by atoms with E-state index in [-0.39, 0.29) is 35.9 Å². The van der Waals surface area contributed by atoms with Gasteiger partial charge in [-0.05, 0) is 45.0 Å². The fraction of sp³-hybridized carbons (Fsp3) is 0.667. The summed E-state index contributed by atoms with van der Waals surface area (Å²) < 4.78 is 42.7. The van der Waals surface area contributed by atoms with Crippen LogP contribution in [0.1, 0.15) is 25.7 Å². The number of alkyl halides is 3. The minimum atomic E-state index is -4.38. The third-order valence-corrected chi connectivity index (χ3v) is 6.84. The molecule has 196 valence electrons. The summed E-state index contributed by atoms with van der Waals surface area (Å²) in [6.45, 7) is 3.40. The highest BCUT2D eigenvalue weighted by molar-refractivity contribution is 6.03. The first-order valence-electron chi connectivity index (χ1n) is 12.0. The molecule has 1 aliphatic carbocycles. The molecule has 2 heterocycles. The van der Waals surface area contributed by atoms with Crippen LogP contribution in [0.5, 0.6) is 5.75 Å². The summed E-state index contributed by atoms with van der Waals surface area (Å²) in [6, 6.07) is 7.37. The Morgan fingerprint density at radius 2 is 1.74 bits per heavy atom. The maximum atomic E-state index is 12.7. The molecule has 1 aromatic rings. The van der Waals surface area contributed by atoms with Crippen LogP contribution in [0.15, 0.2) is 24.3 Å². The van der Waals surface area contributed by atoms with Crippen molar-refractivity contribution < 1.29 is 27.5 Å². The van der Waals surface area contributed by atoms with Crippen LogP contribution in [0, 0.1) is 5.92 Å². The van der Waals surface area contributed by atoms with Crippen molar-refractivity contribution in [2.24, 2.45) is 5.92 Å². The second-order valence-corrected chi connectivity index (χ2v) is 9.51. The molecule has 7 nitrogen and oxygen atoms in total. The first-order valence-corrected chi connectivity index (χ1v) is 12.0. The van der Waals surface area contributed by atoms with Crippen LogP contribution in [0.25, 0.3) is 0 Å². The Morgan fingerprint density at radius 3 is 2.40 bits per heavy atom. The number of benzene rings is 1. The van der Waals surface area contributed by atoms with Crippen LogP contribution in [0.2, 0.25) is 0 Å². The zero-order valence-electron chi connectivity index (χ0n) is 20.0. The van der Waals surface area contributed by atoms with Crippen LogP contribution < -0.4 is 9.64 Å². The number of rotatable bonds is 10. The minimum absolute atomic E-state index is 0. The van der Waals surface area contributed by atoms with Gasteiger partial charge < -0.3 is 14.5 Å². The number of ether oxygens (including phenoxy) is 1. The van der Waals surface area contributed by atoms with E-state index in [0.717, 1.165) is 19.6 Å². The lowest BCUT2D eigenvalue weighted by molar-refractivity contribution is -0.153. The van der Waals surface area contributed by atoms with E-state index in [9.17, 15) is 22.8 Å². The Bertz CT molecular complexity index is 876. The Hall–Kier alpha value is -2.04. The number of imide groups is 1. The molecule has 1 unspecified atom stereocenters. The smallest absolute Gasteiger partial charge is 0.422 e. The van der Waals surface area contributed by atoms with Crippen molar-refractivity contribution >= 4 is 29.9 Å². The van der Waals surface area contributed by atoms with Crippen molar-refractivity contribution in [3.63, 3.8) is 0 Å². The standard InChI is InChI=1S/C24H33F3N4O3.ClH/c1-28(19-7-8-19)16-18-15-22(32)31(23(18)33)10-4-9-29-11-13-30(14-12-29)20-5-2-3-6-21(20)34-17-24(25,26)27;/h2-3,5-6,18-19H,4,7-17H2,1H3;1H. The number of amides is 2. The molecule has 1 saturated carbocycles. The maximum Gasteiger partial charge on any atom is 0.422 e. The second-order valence-electron chi connectivity index (χ2n) is 9.51. The normalized spacial score (nSPS) is 21.6. The third-order valence-electron chi connectivity index (χ3n) is 6.84.